The lowest BCUT2D eigenvalue weighted by molar-refractivity contribution is -0.140. The number of aromatic carboxylic acids is 1. The van der Waals surface area contributed by atoms with Crippen molar-refractivity contribution in [2.45, 2.75) is 17.6 Å². The van der Waals surface area contributed by atoms with E-state index in [9.17, 15) is 35.9 Å². The molecule has 0 atom stereocenters. The first-order chi connectivity index (χ1) is 16.4. The molecule has 4 aromatic rings. The predicted octanol–water partition coefficient (Wildman–Crippen LogP) is 6.81. The van der Waals surface area contributed by atoms with Gasteiger partial charge in [0.25, 0.3) is 10.0 Å². The second-order valence-corrected chi connectivity index (χ2v) is 10.6. The standard InChI is InChI=1S/C23H14ClF4NO4S2/c24-20-14-5-1-3-7-18(14)34-21(20)29(12-13-9-10-17(25)16(11-13)23(26,27)28)35(32,33)19-8-4-2-6-15(19)22(30)31/h1-11H,12H2,(H,30,31). The summed E-state index contributed by atoms with van der Waals surface area (Å²) >= 11 is 7.46. The largest absolute Gasteiger partial charge is 0.478 e. The fourth-order valence-electron chi connectivity index (χ4n) is 3.47. The number of benzene rings is 3. The summed E-state index contributed by atoms with van der Waals surface area (Å²) in [7, 11) is -4.65. The predicted molar refractivity (Wildman–Crippen MR) is 125 cm³/mol. The third kappa shape index (κ3) is 4.71. The van der Waals surface area contributed by atoms with Gasteiger partial charge in [0.1, 0.15) is 15.7 Å². The summed E-state index contributed by atoms with van der Waals surface area (Å²) in [6.07, 6.45) is -5.00. The molecule has 0 radical (unpaired) electrons. The number of halogens is 5. The fraction of sp³-hybridized carbons (Fsp3) is 0.0870. The highest BCUT2D eigenvalue weighted by atomic mass is 35.5. The number of sulfonamides is 1. The molecular weight excluding hydrogens is 530 g/mol. The number of carbonyl (C=O) groups is 1. The minimum absolute atomic E-state index is 0.0223. The molecule has 1 aromatic heterocycles. The molecule has 0 unspecified atom stereocenters. The molecule has 182 valence electrons. The molecule has 1 N–H and O–H groups in total. The average Bonchev–Trinajstić information content (AvgIpc) is 3.13. The molecule has 0 aliphatic rings. The SMILES string of the molecule is O=C(O)c1ccccc1S(=O)(=O)N(Cc1ccc(F)c(C(F)(F)F)c1)c1sc2ccccc2c1Cl. The van der Waals surface area contributed by atoms with Crippen molar-refractivity contribution in [3.63, 3.8) is 0 Å². The quantitative estimate of drug-likeness (QED) is 0.271. The zero-order valence-corrected chi connectivity index (χ0v) is 19.8. The molecule has 5 nitrogen and oxygen atoms in total. The minimum Gasteiger partial charge on any atom is -0.478 e. The Morgan fingerprint density at radius 3 is 2.34 bits per heavy atom. The number of carboxylic acids is 1. The van der Waals surface area contributed by atoms with E-state index in [2.05, 4.69) is 0 Å². The van der Waals surface area contributed by atoms with Crippen molar-refractivity contribution in [2.24, 2.45) is 0 Å². The van der Waals surface area contributed by atoms with Gasteiger partial charge in [-0.15, -0.1) is 11.3 Å². The number of nitrogens with zero attached hydrogens (tertiary/aromatic N) is 1. The van der Waals surface area contributed by atoms with E-state index in [4.69, 9.17) is 11.6 Å². The molecular formula is C23H14ClF4NO4S2. The Balaban J connectivity index is 1.94. The van der Waals surface area contributed by atoms with Crippen LogP contribution in [0.4, 0.5) is 22.6 Å². The molecule has 4 rings (SSSR count). The van der Waals surface area contributed by atoms with E-state index in [0.717, 1.165) is 33.8 Å². The molecule has 35 heavy (non-hydrogen) atoms. The number of carboxylic acid groups (broad SMARTS) is 1. The second kappa shape index (κ2) is 9.14. The Labute approximate surface area is 205 Å². The molecule has 3 aromatic carbocycles. The van der Waals surface area contributed by atoms with Gasteiger partial charge < -0.3 is 5.11 Å². The van der Waals surface area contributed by atoms with Gasteiger partial charge in [0, 0.05) is 10.1 Å². The lowest BCUT2D eigenvalue weighted by Gasteiger charge is -2.25. The maximum absolute atomic E-state index is 13.8. The van der Waals surface area contributed by atoms with Gasteiger partial charge >= 0.3 is 12.1 Å². The normalized spacial score (nSPS) is 12.1. The van der Waals surface area contributed by atoms with Gasteiger partial charge in [-0.05, 0) is 35.9 Å². The van der Waals surface area contributed by atoms with Crippen LogP contribution in [0.5, 0.6) is 0 Å². The molecule has 0 aliphatic carbocycles. The number of fused-ring (bicyclic) bond motifs is 1. The van der Waals surface area contributed by atoms with Crippen LogP contribution in [0.15, 0.2) is 71.6 Å². The van der Waals surface area contributed by atoms with Crippen LogP contribution in [0.25, 0.3) is 10.1 Å². The summed E-state index contributed by atoms with van der Waals surface area (Å²) < 4.78 is 82.5. The molecule has 0 saturated carbocycles. The first-order valence-electron chi connectivity index (χ1n) is 9.79. The van der Waals surface area contributed by atoms with Gasteiger partial charge in [0.15, 0.2) is 0 Å². The maximum Gasteiger partial charge on any atom is 0.419 e. The van der Waals surface area contributed by atoms with Crippen molar-refractivity contribution < 1.29 is 35.9 Å². The zero-order valence-electron chi connectivity index (χ0n) is 17.4. The Morgan fingerprint density at radius 1 is 1.03 bits per heavy atom. The lowest BCUT2D eigenvalue weighted by atomic mass is 10.1. The van der Waals surface area contributed by atoms with Crippen LogP contribution in [0.3, 0.4) is 0 Å². The number of rotatable bonds is 6. The highest BCUT2D eigenvalue weighted by molar-refractivity contribution is 7.93. The van der Waals surface area contributed by atoms with Gasteiger partial charge in [-0.25, -0.2) is 17.6 Å². The average molecular weight is 544 g/mol. The lowest BCUT2D eigenvalue weighted by Crippen LogP contribution is -2.31. The topological polar surface area (TPSA) is 74.7 Å². The first kappa shape index (κ1) is 25.0. The molecule has 0 fully saturated rings. The van der Waals surface area contributed by atoms with Gasteiger partial charge in [-0.2, -0.15) is 13.2 Å². The van der Waals surface area contributed by atoms with Crippen molar-refractivity contribution in [1.29, 1.82) is 0 Å². The van der Waals surface area contributed by atoms with E-state index in [-0.39, 0.29) is 15.6 Å². The number of hydrogen-bond donors (Lipinski definition) is 1. The summed E-state index contributed by atoms with van der Waals surface area (Å²) in [5.74, 6) is -3.01. The Kier molecular flexibility index (Phi) is 6.52. The van der Waals surface area contributed by atoms with Crippen LogP contribution in [-0.4, -0.2) is 19.5 Å². The van der Waals surface area contributed by atoms with Crippen LogP contribution in [0, 0.1) is 5.82 Å². The first-order valence-corrected chi connectivity index (χ1v) is 12.4. The Bertz CT molecular complexity index is 1550. The number of alkyl halides is 3. The minimum atomic E-state index is -5.00. The Morgan fingerprint density at radius 2 is 1.69 bits per heavy atom. The monoisotopic (exact) mass is 543 g/mol. The molecule has 1 heterocycles. The van der Waals surface area contributed by atoms with E-state index >= 15 is 0 Å². The van der Waals surface area contributed by atoms with E-state index in [1.54, 1.807) is 24.3 Å². The van der Waals surface area contributed by atoms with Crippen molar-refractivity contribution in [3.8, 4) is 0 Å². The molecule has 12 heteroatoms. The van der Waals surface area contributed by atoms with Crippen LogP contribution < -0.4 is 4.31 Å². The molecule has 0 spiro atoms. The van der Waals surface area contributed by atoms with Crippen LogP contribution in [0.1, 0.15) is 21.5 Å². The van der Waals surface area contributed by atoms with E-state index in [1.165, 1.54) is 12.1 Å². The van der Waals surface area contributed by atoms with Crippen molar-refractivity contribution in [2.75, 3.05) is 4.31 Å². The van der Waals surface area contributed by atoms with Crippen LogP contribution in [-0.2, 0) is 22.7 Å². The van der Waals surface area contributed by atoms with Gasteiger partial charge in [0.2, 0.25) is 0 Å². The van der Waals surface area contributed by atoms with Crippen molar-refractivity contribution in [3.05, 3.63) is 94.3 Å². The highest BCUT2D eigenvalue weighted by Crippen LogP contribution is 2.44. The van der Waals surface area contributed by atoms with E-state index in [0.29, 0.717) is 22.2 Å². The molecule has 0 amide bonds. The molecule has 0 aliphatic heterocycles. The van der Waals surface area contributed by atoms with Gasteiger partial charge in [-0.1, -0.05) is 48.0 Å². The third-order valence-electron chi connectivity index (χ3n) is 5.09. The summed E-state index contributed by atoms with van der Waals surface area (Å²) in [6, 6.07) is 13.7. The van der Waals surface area contributed by atoms with E-state index in [1.807, 2.05) is 0 Å². The van der Waals surface area contributed by atoms with E-state index < -0.39 is 50.6 Å². The van der Waals surface area contributed by atoms with Gasteiger partial charge in [0.05, 0.1) is 22.7 Å². The van der Waals surface area contributed by atoms with Crippen LogP contribution >= 0.6 is 22.9 Å². The van der Waals surface area contributed by atoms with Crippen LogP contribution in [0.2, 0.25) is 5.02 Å². The van der Waals surface area contributed by atoms with Crippen molar-refractivity contribution in [1.82, 2.24) is 0 Å². The summed E-state index contributed by atoms with van der Waals surface area (Å²) in [5, 5.41) is 10.0. The number of hydrogen-bond acceptors (Lipinski definition) is 4. The zero-order chi connectivity index (χ0) is 25.5. The summed E-state index contributed by atoms with van der Waals surface area (Å²) in [6.45, 7) is -0.661. The Hall–Kier alpha value is -3.15. The fourth-order valence-corrected chi connectivity index (χ4v) is 6.91. The molecule has 0 saturated heterocycles. The maximum atomic E-state index is 13.8. The van der Waals surface area contributed by atoms with Crippen molar-refractivity contribution >= 4 is 54.0 Å². The summed E-state index contributed by atoms with van der Waals surface area (Å²) in [5.41, 5.74) is -2.26. The smallest absolute Gasteiger partial charge is 0.419 e. The highest BCUT2D eigenvalue weighted by Gasteiger charge is 2.36. The second-order valence-electron chi connectivity index (χ2n) is 7.34. The van der Waals surface area contributed by atoms with Gasteiger partial charge in [-0.3, -0.25) is 4.31 Å². The number of thiophene rings is 1. The molecule has 0 bridgehead atoms. The number of anilines is 1. The summed E-state index contributed by atoms with van der Waals surface area (Å²) in [4.78, 5) is 11.1. The third-order valence-corrected chi connectivity index (χ3v) is 8.70.